The van der Waals surface area contributed by atoms with Crippen LogP contribution in [0.15, 0.2) is 18.3 Å². The minimum Gasteiger partial charge on any atom is -0.159 e. The van der Waals surface area contributed by atoms with E-state index in [-0.39, 0.29) is 17.8 Å². The van der Waals surface area contributed by atoms with E-state index in [9.17, 15) is 0 Å². The van der Waals surface area contributed by atoms with Gasteiger partial charge in [-0.2, -0.15) is 10.2 Å². The molecule has 0 spiro atoms. The summed E-state index contributed by atoms with van der Waals surface area (Å²) in [6.45, 7) is 1.87. The number of rotatable bonds is 1. The topological polar surface area (TPSA) is 25.8 Å². The highest BCUT2D eigenvalue weighted by molar-refractivity contribution is 6.20. The van der Waals surface area contributed by atoms with E-state index < -0.39 is 0 Å². The molecule has 1 aromatic heterocycles. The van der Waals surface area contributed by atoms with Crippen LogP contribution in [-0.4, -0.2) is 10.2 Å². The highest BCUT2D eigenvalue weighted by Crippen LogP contribution is 2.14. The van der Waals surface area contributed by atoms with Gasteiger partial charge in [-0.15, -0.1) is 24.0 Å². The number of alkyl halides is 1. The van der Waals surface area contributed by atoms with Crippen LogP contribution < -0.4 is 0 Å². The quantitative estimate of drug-likeness (QED) is 0.617. The van der Waals surface area contributed by atoms with Gasteiger partial charge in [0.15, 0.2) is 0 Å². The molecule has 0 aromatic carbocycles. The van der Waals surface area contributed by atoms with E-state index in [4.69, 9.17) is 11.6 Å². The first-order chi connectivity index (χ1) is 4.30. The molecule has 4 heteroatoms. The van der Waals surface area contributed by atoms with Crippen LogP contribution in [0.2, 0.25) is 0 Å². The SMILES string of the molecule is CC(Cl)c1cccnn1.Cl. The Balaban J connectivity index is 0.000000810. The maximum atomic E-state index is 5.70. The third-order valence-corrected chi connectivity index (χ3v) is 1.22. The first kappa shape index (κ1) is 9.66. The Morgan fingerprint density at radius 2 is 2.30 bits per heavy atom. The van der Waals surface area contributed by atoms with Crippen LogP contribution in [0.3, 0.4) is 0 Å². The minimum atomic E-state index is -0.0429. The Morgan fingerprint density at radius 3 is 2.60 bits per heavy atom. The van der Waals surface area contributed by atoms with Crippen molar-refractivity contribution in [3.63, 3.8) is 0 Å². The third-order valence-electron chi connectivity index (χ3n) is 1.00. The van der Waals surface area contributed by atoms with Crippen LogP contribution in [0.4, 0.5) is 0 Å². The molecule has 0 aliphatic carbocycles. The lowest BCUT2D eigenvalue weighted by molar-refractivity contribution is 0.899. The second-order valence-corrected chi connectivity index (χ2v) is 2.42. The zero-order valence-corrected chi connectivity index (χ0v) is 7.06. The van der Waals surface area contributed by atoms with Gasteiger partial charge in [0.2, 0.25) is 0 Å². The molecule has 0 aliphatic heterocycles. The smallest absolute Gasteiger partial charge is 0.0806 e. The summed E-state index contributed by atoms with van der Waals surface area (Å²) in [5.74, 6) is 0. The van der Waals surface area contributed by atoms with Gasteiger partial charge in [0, 0.05) is 6.20 Å². The molecule has 1 aromatic rings. The first-order valence-corrected chi connectivity index (χ1v) is 3.16. The van der Waals surface area contributed by atoms with E-state index >= 15 is 0 Å². The Labute approximate surface area is 71.0 Å². The van der Waals surface area contributed by atoms with Gasteiger partial charge in [-0.3, -0.25) is 0 Å². The number of halogens is 2. The van der Waals surface area contributed by atoms with E-state index in [0.29, 0.717) is 0 Å². The Kier molecular flexibility index (Phi) is 4.32. The van der Waals surface area contributed by atoms with Crippen LogP contribution in [-0.2, 0) is 0 Å². The number of hydrogen-bond donors (Lipinski definition) is 0. The molecule has 0 amide bonds. The van der Waals surface area contributed by atoms with Crippen LogP contribution in [0.5, 0.6) is 0 Å². The van der Waals surface area contributed by atoms with Gasteiger partial charge in [-0.25, -0.2) is 0 Å². The van der Waals surface area contributed by atoms with E-state index in [1.807, 2.05) is 19.1 Å². The fraction of sp³-hybridized carbons (Fsp3) is 0.333. The van der Waals surface area contributed by atoms with Crippen molar-refractivity contribution >= 4 is 24.0 Å². The molecule has 0 fully saturated rings. The molecule has 0 saturated carbocycles. The zero-order valence-electron chi connectivity index (χ0n) is 5.49. The van der Waals surface area contributed by atoms with Gasteiger partial charge >= 0.3 is 0 Å². The summed E-state index contributed by atoms with van der Waals surface area (Å²) in [5.41, 5.74) is 0.819. The molecular formula is C6H8Cl2N2. The lowest BCUT2D eigenvalue weighted by Gasteiger charge is -1.96. The lowest BCUT2D eigenvalue weighted by atomic mass is 10.3. The molecule has 10 heavy (non-hydrogen) atoms. The number of aromatic nitrogens is 2. The fourth-order valence-electron chi connectivity index (χ4n) is 0.526. The van der Waals surface area contributed by atoms with Gasteiger partial charge < -0.3 is 0 Å². The van der Waals surface area contributed by atoms with Crippen molar-refractivity contribution in [2.24, 2.45) is 0 Å². The molecule has 1 rings (SSSR count). The number of hydrogen-bond acceptors (Lipinski definition) is 2. The van der Waals surface area contributed by atoms with Crippen molar-refractivity contribution in [2.45, 2.75) is 12.3 Å². The predicted molar refractivity (Wildman–Crippen MR) is 43.5 cm³/mol. The van der Waals surface area contributed by atoms with Gasteiger partial charge in [0.05, 0.1) is 11.1 Å². The zero-order chi connectivity index (χ0) is 6.69. The van der Waals surface area contributed by atoms with E-state index in [1.54, 1.807) is 6.20 Å². The lowest BCUT2D eigenvalue weighted by Crippen LogP contribution is -1.90. The number of nitrogens with zero attached hydrogens (tertiary/aromatic N) is 2. The van der Waals surface area contributed by atoms with Gasteiger partial charge in [-0.1, -0.05) is 0 Å². The van der Waals surface area contributed by atoms with Gasteiger partial charge in [-0.05, 0) is 19.1 Å². The average molecular weight is 179 g/mol. The van der Waals surface area contributed by atoms with Crippen LogP contribution >= 0.6 is 24.0 Å². The second kappa shape index (κ2) is 4.47. The second-order valence-electron chi connectivity index (χ2n) is 1.76. The highest BCUT2D eigenvalue weighted by atomic mass is 35.5. The monoisotopic (exact) mass is 178 g/mol. The summed E-state index contributed by atoms with van der Waals surface area (Å²) in [6.07, 6.45) is 1.63. The molecule has 0 bridgehead atoms. The fourth-order valence-corrected chi connectivity index (χ4v) is 0.642. The minimum absolute atomic E-state index is 0. The van der Waals surface area contributed by atoms with Crippen molar-refractivity contribution in [3.05, 3.63) is 24.0 Å². The molecule has 0 radical (unpaired) electrons. The Hall–Kier alpha value is -0.340. The van der Waals surface area contributed by atoms with Crippen molar-refractivity contribution < 1.29 is 0 Å². The molecule has 1 heterocycles. The summed E-state index contributed by atoms with van der Waals surface area (Å²) in [4.78, 5) is 0. The Bertz CT molecular complexity index is 176. The van der Waals surface area contributed by atoms with E-state index in [1.165, 1.54) is 0 Å². The molecule has 56 valence electrons. The van der Waals surface area contributed by atoms with Crippen molar-refractivity contribution in [3.8, 4) is 0 Å². The van der Waals surface area contributed by atoms with Gasteiger partial charge in [0.1, 0.15) is 0 Å². The summed E-state index contributed by atoms with van der Waals surface area (Å²) in [5, 5.41) is 7.42. The van der Waals surface area contributed by atoms with Crippen LogP contribution in [0, 0.1) is 0 Å². The summed E-state index contributed by atoms with van der Waals surface area (Å²) in [7, 11) is 0. The molecule has 0 aliphatic rings. The maximum absolute atomic E-state index is 5.70. The molecule has 1 unspecified atom stereocenters. The average Bonchev–Trinajstić information content (AvgIpc) is 1.90. The largest absolute Gasteiger partial charge is 0.159 e. The first-order valence-electron chi connectivity index (χ1n) is 2.72. The van der Waals surface area contributed by atoms with Crippen molar-refractivity contribution in [1.29, 1.82) is 0 Å². The van der Waals surface area contributed by atoms with Crippen LogP contribution in [0.1, 0.15) is 18.0 Å². The molecular weight excluding hydrogens is 171 g/mol. The van der Waals surface area contributed by atoms with E-state index in [0.717, 1.165) is 5.69 Å². The highest BCUT2D eigenvalue weighted by Gasteiger charge is 1.99. The molecule has 0 N–H and O–H groups in total. The van der Waals surface area contributed by atoms with Crippen molar-refractivity contribution in [1.82, 2.24) is 10.2 Å². The van der Waals surface area contributed by atoms with E-state index in [2.05, 4.69) is 10.2 Å². The van der Waals surface area contributed by atoms with Gasteiger partial charge in [0.25, 0.3) is 0 Å². The molecule has 0 saturated heterocycles. The van der Waals surface area contributed by atoms with Crippen LogP contribution in [0.25, 0.3) is 0 Å². The summed E-state index contributed by atoms with van der Waals surface area (Å²) in [6, 6.07) is 3.67. The maximum Gasteiger partial charge on any atom is 0.0806 e. The molecule has 1 atom stereocenters. The van der Waals surface area contributed by atoms with Crippen molar-refractivity contribution in [2.75, 3.05) is 0 Å². The predicted octanol–water partition coefficient (Wildman–Crippen LogP) is 2.20. The third kappa shape index (κ3) is 2.50. The standard InChI is InChI=1S/C6H7ClN2.ClH/c1-5(7)6-3-2-4-8-9-6;/h2-5H,1H3;1H. The summed E-state index contributed by atoms with van der Waals surface area (Å²) < 4.78 is 0. The summed E-state index contributed by atoms with van der Waals surface area (Å²) >= 11 is 5.70. The Morgan fingerprint density at radius 1 is 1.60 bits per heavy atom. The molecule has 2 nitrogen and oxygen atoms in total. The normalized spacial score (nSPS) is 11.8.